The fourth-order valence-electron chi connectivity index (χ4n) is 3.91. The number of amides is 2. The first-order chi connectivity index (χ1) is 14.9. The van der Waals surface area contributed by atoms with Crippen molar-refractivity contribution in [1.29, 1.82) is 0 Å². The number of benzene rings is 2. The van der Waals surface area contributed by atoms with E-state index in [2.05, 4.69) is 41.8 Å². The van der Waals surface area contributed by atoms with Crippen LogP contribution in [0.25, 0.3) is 0 Å². The zero-order valence-corrected chi connectivity index (χ0v) is 18.3. The quantitative estimate of drug-likeness (QED) is 0.715. The van der Waals surface area contributed by atoms with Crippen molar-refractivity contribution in [3.63, 3.8) is 0 Å². The highest BCUT2D eigenvalue weighted by Crippen LogP contribution is 2.21. The van der Waals surface area contributed by atoms with Crippen LogP contribution in [0.4, 0.5) is 0 Å². The number of nitrogens with zero attached hydrogens (tertiary/aromatic N) is 2. The number of nitrogens with one attached hydrogen (secondary N) is 2. The van der Waals surface area contributed by atoms with Gasteiger partial charge in [-0.1, -0.05) is 35.9 Å². The van der Waals surface area contributed by atoms with Crippen molar-refractivity contribution in [2.24, 2.45) is 0 Å². The molecule has 8 heteroatoms. The van der Waals surface area contributed by atoms with Crippen molar-refractivity contribution in [3.05, 3.63) is 64.7 Å². The lowest BCUT2D eigenvalue weighted by atomic mass is 10.0. The molecule has 2 aromatic rings. The fraction of sp³-hybridized carbons (Fsp3) is 0.391. The van der Waals surface area contributed by atoms with E-state index in [0.29, 0.717) is 30.4 Å². The predicted molar refractivity (Wildman–Crippen MR) is 119 cm³/mol. The highest BCUT2D eigenvalue weighted by Gasteiger charge is 2.30. The molecular formula is C23H27ClN4O3. The van der Waals surface area contributed by atoms with E-state index in [1.165, 1.54) is 5.56 Å². The monoisotopic (exact) mass is 442 g/mol. The molecule has 2 saturated heterocycles. The summed E-state index contributed by atoms with van der Waals surface area (Å²) in [6.45, 7) is 5.54. The largest absolute Gasteiger partial charge is 0.484 e. The number of hydrogen-bond acceptors (Lipinski definition) is 5. The van der Waals surface area contributed by atoms with Gasteiger partial charge in [-0.25, -0.2) is 0 Å². The van der Waals surface area contributed by atoms with E-state index >= 15 is 0 Å². The molecule has 2 fully saturated rings. The number of ether oxygens (including phenoxy) is 1. The van der Waals surface area contributed by atoms with E-state index in [4.69, 9.17) is 16.3 Å². The molecule has 31 heavy (non-hydrogen) atoms. The Morgan fingerprint density at radius 2 is 1.74 bits per heavy atom. The summed E-state index contributed by atoms with van der Waals surface area (Å²) in [4.78, 5) is 28.4. The van der Waals surface area contributed by atoms with Gasteiger partial charge >= 0.3 is 0 Å². The maximum Gasteiger partial charge on any atom is 0.261 e. The molecule has 0 unspecified atom stereocenters. The molecule has 0 spiro atoms. The summed E-state index contributed by atoms with van der Waals surface area (Å²) in [5, 5.41) is 7.54. The minimum absolute atomic E-state index is 0.0544. The molecule has 0 radical (unpaired) electrons. The van der Waals surface area contributed by atoms with E-state index < -0.39 is 0 Å². The number of hydrogen-bond donors (Lipinski definition) is 2. The van der Waals surface area contributed by atoms with Crippen LogP contribution in [0.5, 0.6) is 5.75 Å². The molecule has 0 saturated carbocycles. The van der Waals surface area contributed by atoms with Crippen LogP contribution in [0.2, 0.25) is 5.02 Å². The molecule has 4 rings (SSSR count). The van der Waals surface area contributed by atoms with Crippen molar-refractivity contribution in [3.8, 4) is 5.75 Å². The highest BCUT2D eigenvalue weighted by molar-refractivity contribution is 6.30. The fourth-order valence-corrected chi connectivity index (χ4v) is 4.04. The van der Waals surface area contributed by atoms with Crippen LogP contribution in [0, 0.1) is 0 Å². The van der Waals surface area contributed by atoms with Gasteiger partial charge in [0, 0.05) is 37.7 Å². The Hall–Kier alpha value is -2.61. The Balaban J connectivity index is 1.27. The Bertz CT molecular complexity index is 927. The molecule has 2 aromatic carbocycles. The molecule has 0 aliphatic carbocycles. The third-order valence-electron chi connectivity index (χ3n) is 5.83. The Labute approximate surface area is 187 Å². The van der Waals surface area contributed by atoms with Crippen LogP contribution < -0.4 is 15.4 Å². The summed E-state index contributed by atoms with van der Waals surface area (Å²) < 4.78 is 5.51. The average molecular weight is 443 g/mol. The van der Waals surface area contributed by atoms with E-state index in [1.54, 1.807) is 34.1 Å². The number of piperazine rings is 1. The zero-order chi connectivity index (χ0) is 21.8. The van der Waals surface area contributed by atoms with Crippen molar-refractivity contribution < 1.29 is 14.3 Å². The van der Waals surface area contributed by atoms with Gasteiger partial charge < -0.3 is 14.5 Å². The minimum Gasteiger partial charge on any atom is -0.484 e. The molecule has 2 aliphatic rings. The zero-order valence-electron chi connectivity index (χ0n) is 17.6. The minimum atomic E-state index is -0.200. The van der Waals surface area contributed by atoms with Gasteiger partial charge in [0.15, 0.2) is 6.61 Å². The van der Waals surface area contributed by atoms with Crippen molar-refractivity contribution >= 4 is 23.4 Å². The molecular weight excluding hydrogens is 416 g/mol. The molecule has 2 heterocycles. The normalized spacial score (nSPS) is 18.3. The number of carbonyl (C=O) groups is 2. The summed E-state index contributed by atoms with van der Waals surface area (Å²) in [5.74, 6) is 0.321. The molecule has 0 atom stereocenters. The van der Waals surface area contributed by atoms with Crippen molar-refractivity contribution in [2.45, 2.75) is 19.1 Å². The standard InChI is InChI=1S/C23H27ClN4O3/c1-23(25-10-11-26-23)18-4-2-17(3-5-18)14-27-12-13-28(15-21(27)29)22(30)16-31-20-8-6-19(24)7-9-20/h2-9,25-26H,10-16H2,1H3. The first-order valence-electron chi connectivity index (χ1n) is 10.5. The SMILES string of the molecule is CC1(c2ccc(CN3CCN(C(=O)COc4ccc(Cl)cc4)CC3=O)cc2)NCCN1. The Kier molecular flexibility index (Phi) is 6.46. The predicted octanol–water partition coefficient (Wildman–Crippen LogP) is 1.96. The van der Waals surface area contributed by atoms with Crippen molar-refractivity contribution in [1.82, 2.24) is 20.4 Å². The Morgan fingerprint density at radius 1 is 1.06 bits per heavy atom. The average Bonchev–Trinajstić information content (AvgIpc) is 3.22. The van der Waals surface area contributed by atoms with Gasteiger partial charge in [-0.3, -0.25) is 20.2 Å². The highest BCUT2D eigenvalue weighted by atomic mass is 35.5. The number of halogens is 1. The lowest BCUT2D eigenvalue weighted by Crippen LogP contribution is -2.52. The van der Waals surface area contributed by atoms with E-state index in [1.807, 2.05) is 0 Å². The summed E-state index contributed by atoms with van der Waals surface area (Å²) in [6, 6.07) is 15.2. The topological polar surface area (TPSA) is 73.9 Å². The van der Waals surface area contributed by atoms with Crippen LogP contribution in [0.3, 0.4) is 0 Å². The maximum absolute atomic E-state index is 12.6. The summed E-state index contributed by atoms with van der Waals surface area (Å²) in [6.07, 6.45) is 0. The van der Waals surface area contributed by atoms with Gasteiger partial charge in [-0.15, -0.1) is 0 Å². The second-order valence-corrected chi connectivity index (χ2v) is 8.49. The lowest BCUT2D eigenvalue weighted by Gasteiger charge is -2.34. The second-order valence-electron chi connectivity index (χ2n) is 8.05. The van der Waals surface area contributed by atoms with E-state index in [9.17, 15) is 9.59 Å². The van der Waals surface area contributed by atoms with E-state index in [0.717, 1.165) is 18.7 Å². The Morgan fingerprint density at radius 3 is 2.39 bits per heavy atom. The molecule has 2 N–H and O–H groups in total. The van der Waals surface area contributed by atoms with Crippen LogP contribution >= 0.6 is 11.6 Å². The van der Waals surface area contributed by atoms with Gasteiger partial charge in [0.05, 0.1) is 12.2 Å². The van der Waals surface area contributed by atoms with Crippen molar-refractivity contribution in [2.75, 3.05) is 39.3 Å². The van der Waals surface area contributed by atoms with Crippen LogP contribution in [0.15, 0.2) is 48.5 Å². The first-order valence-corrected chi connectivity index (χ1v) is 10.8. The molecule has 2 aliphatic heterocycles. The summed E-state index contributed by atoms with van der Waals surface area (Å²) >= 11 is 5.85. The second kappa shape index (κ2) is 9.26. The summed E-state index contributed by atoms with van der Waals surface area (Å²) in [5.41, 5.74) is 2.05. The van der Waals surface area contributed by atoms with Gasteiger partial charge in [-0.05, 0) is 42.3 Å². The maximum atomic E-state index is 12.6. The number of carbonyl (C=O) groups excluding carboxylic acids is 2. The molecule has 0 aromatic heterocycles. The van der Waals surface area contributed by atoms with E-state index in [-0.39, 0.29) is 30.6 Å². The number of rotatable bonds is 6. The third kappa shape index (κ3) is 5.18. The lowest BCUT2D eigenvalue weighted by molar-refractivity contribution is -0.146. The van der Waals surface area contributed by atoms with Crippen LogP contribution in [0.1, 0.15) is 18.1 Å². The molecule has 164 valence electrons. The molecule has 7 nitrogen and oxygen atoms in total. The third-order valence-corrected chi connectivity index (χ3v) is 6.09. The smallest absolute Gasteiger partial charge is 0.261 e. The van der Waals surface area contributed by atoms with Crippen LogP contribution in [-0.2, 0) is 21.8 Å². The van der Waals surface area contributed by atoms with Gasteiger partial charge in [0.2, 0.25) is 5.91 Å². The van der Waals surface area contributed by atoms with Gasteiger partial charge in [-0.2, -0.15) is 0 Å². The molecule has 2 amide bonds. The summed E-state index contributed by atoms with van der Waals surface area (Å²) in [7, 11) is 0. The molecule has 0 bridgehead atoms. The van der Waals surface area contributed by atoms with Crippen LogP contribution in [-0.4, -0.2) is 60.9 Å². The van der Waals surface area contributed by atoms with Gasteiger partial charge in [0.25, 0.3) is 5.91 Å². The first kappa shape index (κ1) is 21.6. The van der Waals surface area contributed by atoms with Gasteiger partial charge in [0.1, 0.15) is 5.75 Å².